The molecule has 2 aromatic rings. The number of rotatable bonds is 2. The molecule has 2 N–H and O–H groups in total. The van der Waals surface area contributed by atoms with E-state index in [1.165, 1.54) is 24.3 Å². The third kappa shape index (κ3) is 2.06. The van der Waals surface area contributed by atoms with Crippen LogP contribution in [0.3, 0.4) is 0 Å². The number of nitrogens with two attached hydrogens (primary N) is 1. The SMILES string of the molecule is COC(=O)c1ncn(-c2ncc(N)c(C)c2Br)n1. The minimum Gasteiger partial charge on any atom is -0.463 e. The van der Waals surface area contributed by atoms with Crippen LogP contribution in [0.4, 0.5) is 5.69 Å². The fourth-order valence-electron chi connectivity index (χ4n) is 1.29. The maximum absolute atomic E-state index is 11.3. The van der Waals surface area contributed by atoms with Crippen LogP contribution in [0.15, 0.2) is 17.0 Å². The molecule has 0 aliphatic carbocycles. The fraction of sp³-hybridized carbons (Fsp3) is 0.200. The molecule has 18 heavy (non-hydrogen) atoms. The van der Waals surface area contributed by atoms with Gasteiger partial charge in [0, 0.05) is 0 Å². The third-order valence-electron chi connectivity index (χ3n) is 2.36. The largest absolute Gasteiger partial charge is 0.463 e. The Bertz CT molecular complexity index is 610. The Balaban J connectivity index is 2.47. The first-order valence-electron chi connectivity index (χ1n) is 4.95. The van der Waals surface area contributed by atoms with Crippen molar-refractivity contribution in [3.8, 4) is 5.82 Å². The molecule has 0 aliphatic rings. The molecule has 0 amide bonds. The number of hydrogen-bond acceptors (Lipinski definition) is 6. The van der Waals surface area contributed by atoms with E-state index >= 15 is 0 Å². The maximum Gasteiger partial charge on any atom is 0.377 e. The van der Waals surface area contributed by atoms with Crippen LogP contribution in [-0.2, 0) is 4.74 Å². The van der Waals surface area contributed by atoms with Gasteiger partial charge in [-0.3, -0.25) is 0 Å². The lowest BCUT2D eigenvalue weighted by Crippen LogP contribution is -2.07. The van der Waals surface area contributed by atoms with Crippen LogP contribution in [0.2, 0.25) is 0 Å². The highest BCUT2D eigenvalue weighted by Crippen LogP contribution is 2.26. The Hall–Kier alpha value is -1.96. The van der Waals surface area contributed by atoms with E-state index in [2.05, 4.69) is 35.7 Å². The molecule has 0 aliphatic heterocycles. The molecule has 2 heterocycles. The van der Waals surface area contributed by atoms with Crippen LogP contribution in [0, 0.1) is 6.92 Å². The molecule has 0 radical (unpaired) electrons. The number of hydrogen-bond donors (Lipinski definition) is 1. The summed E-state index contributed by atoms with van der Waals surface area (Å²) in [7, 11) is 1.27. The van der Waals surface area contributed by atoms with Crippen molar-refractivity contribution in [1.29, 1.82) is 0 Å². The van der Waals surface area contributed by atoms with Gasteiger partial charge in [-0.15, -0.1) is 5.10 Å². The molecule has 0 atom stereocenters. The molecule has 0 spiro atoms. The number of methoxy groups -OCH3 is 1. The Morgan fingerprint density at radius 2 is 2.22 bits per heavy atom. The Kier molecular flexibility index (Phi) is 3.28. The second-order valence-electron chi connectivity index (χ2n) is 3.48. The van der Waals surface area contributed by atoms with Crippen molar-refractivity contribution in [2.45, 2.75) is 6.92 Å². The quantitative estimate of drug-likeness (QED) is 0.834. The molecule has 0 bridgehead atoms. The molecule has 0 saturated carbocycles. The first kappa shape index (κ1) is 12.5. The van der Waals surface area contributed by atoms with Gasteiger partial charge in [0.1, 0.15) is 6.33 Å². The molecule has 2 rings (SSSR count). The first-order chi connectivity index (χ1) is 8.54. The van der Waals surface area contributed by atoms with Crippen LogP contribution in [0.25, 0.3) is 5.82 Å². The molecule has 0 unspecified atom stereocenters. The predicted molar refractivity (Wildman–Crippen MR) is 67.3 cm³/mol. The van der Waals surface area contributed by atoms with Gasteiger partial charge >= 0.3 is 5.97 Å². The van der Waals surface area contributed by atoms with Gasteiger partial charge in [-0.05, 0) is 28.4 Å². The molecule has 7 nitrogen and oxygen atoms in total. The molecule has 0 aromatic carbocycles. The van der Waals surface area contributed by atoms with Crippen molar-refractivity contribution in [2.24, 2.45) is 0 Å². The Morgan fingerprint density at radius 3 is 2.89 bits per heavy atom. The lowest BCUT2D eigenvalue weighted by atomic mass is 10.2. The highest BCUT2D eigenvalue weighted by atomic mass is 79.9. The van der Waals surface area contributed by atoms with E-state index in [1.807, 2.05) is 6.92 Å². The van der Waals surface area contributed by atoms with Gasteiger partial charge in [-0.2, -0.15) is 0 Å². The lowest BCUT2D eigenvalue weighted by molar-refractivity contribution is 0.0587. The minimum atomic E-state index is -0.600. The van der Waals surface area contributed by atoms with Gasteiger partial charge < -0.3 is 10.5 Å². The third-order valence-corrected chi connectivity index (χ3v) is 3.31. The van der Waals surface area contributed by atoms with Crippen molar-refractivity contribution in [3.63, 3.8) is 0 Å². The summed E-state index contributed by atoms with van der Waals surface area (Å²) in [6, 6.07) is 0. The summed E-state index contributed by atoms with van der Waals surface area (Å²) < 4.78 is 6.60. The van der Waals surface area contributed by atoms with Crippen LogP contribution < -0.4 is 5.73 Å². The zero-order valence-electron chi connectivity index (χ0n) is 9.72. The van der Waals surface area contributed by atoms with Crippen LogP contribution in [0.1, 0.15) is 16.2 Å². The summed E-state index contributed by atoms with van der Waals surface area (Å²) in [4.78, 5) is 19.2. The van der Waals surface area contributed by atoms with E-state index in [0.717, 1.165) is 5.56 Å². The van der Waals surface area contributed by atoms with Crippen molar-refractivity contribution < 1.29 is 9.53 Å². The number of nitrogens with zero attached hydrogens (tertiary/aromatic N) is 4. The number of halogens is 1. The van der Waals surface area contributed by atoms with E-state index in [-0.39, 0.29) is 5.82 Å². The number of carbonyl (C=O) groups excluding carboxylic acids is 1. The summed E-state index contributed by atoms with van der Waals surface area (Å²) in [5.74, 6) is -0.123. The highest BCUT2D eigenvalue weighted by Gasteiger charge is 2.15. The molecular weight excluding hydrogens is 302 g/mol. The molecule has 0 fully saturated rings. The number of carbonyl (C=O) groups is 1. The van der Waals surface area contributed by atoms with Gasteiger partial charge in [0.2, 0.25) is 0 Å². The zero-order chi connectivity index (χ0) is 13.3. The van der Waals surface area contributed by atoms with Gasteiger partial charge in [-0.25, -0.2) is 19.4 Å². The summed E-state index contributed by atoms with van der Waals surface area (Å²) in [6.45, 7) is 1.85. The van der Waals surface area contributed by atoms with Crippen LogP contribution in [0.5, 0.6) is 0 Å². The summed E-state index contributed by atoms with van der Waals surface area (Å²) in [6.07, 6.45) is 2.91. The Labute approximate surface area is 111 Å². The molecule has 2 aromatic heterocycles. The number of esters is 1. The van der Waals surface area contributed by atoms with Gasteiger partial charge in [-0.1, -0.05) is 0 Å². The van der Waals surface area contributed by atoms with Crippen molar-refractivity contribution >= 4 is 27.6 Å². The second-order valence-corrected chi connectivity index (χ2v) is 4.27. The first-order valence-corrected chi connectivity index (χ1v) is 5.74. The average molecular weight is 312 g/mol. The fourth-order valence-corrected chi connectivity index (χ4v) is 1.80. The van der Waals surface area contributed by atoms with Gasteiger partial charge in [0.05, 0.1) is 23.5 Å². The van der Waals surface area contributed by atoms with Crippen LogP contribution in [-0.4, -0.2) is 32.8 Å². The molecular formula is C10H10BrN5O2. The van der Waals surface area contributed by atoms with E-state index in [9.17, 15) is 4.79 Å². The van der Waals surface area contributed by atoms with Crippen LogP contribution >= 0.6 is 15.9 Å². The molecule has 8 heteroatoms. The van der Waals surface area contributed by atoms with E-state index in [0.29, 0.717) is 16.0 Å². The number of aromatic nitrogens is 4. The van der Waals surface area contributed by atoms with E-state index < -0.39 is 5.97 Å². The summed E-state index contributed by atoms with van der Waals surface area (Å²) >= 11 is 3.38. The summed E-state index contributed by atoms with van der Waals surface area (Å²) in [5.41, 5.74) is 7.14. The minimum absolute atomic E-state index is 0.0271. The monoisotopic (exact) mass is 311 g/mol. The number of pyridine rings is 1. The summed E-state index contributed by atoms with van der Waals surface area (Å²) in [5, 5.41) is 3.98. The van der Waals surface area contributed by atoms with Gasteiger partial charge in [0.25, 0.3) is 5.82 Å². The standard InChI is InChI=1S/C10H10BrN5O2/c1-5-6(12)3-13-9(7(5)11)16-4-14-8(15-16)10(17)18-2/h3-4H,12H2,1-2H3. The average Bonchev–Trinajstić information content (AvgIpc) is 2.84. The number of ether oxygens (including phenoxy) is 1. The smallest absolute Gasteiger partial charge is 0.377 e. The lowest BCUT2D eigenvalue weighted by Gasteiger charge is -2.07. The molecule has 0 saturated heterocycles. The van der Waals surface area contributed by atoms with Crippen molar-refractivity contribution in [3.05, 3.63) is 28.4 Å². The second kappa shape index (κ2) is 4.73. The van der Waals surface area contributed by atoms with Crippen molar-refractivity contribution in [2.75, 3.05) is 12.8 Å². The normalized spacial score (nSPS) is 10.4. The van der Waals surface area contributed by atoms with Crippen molar-refractivity contribution in [1.82, 2.24) is 19.7 Å². The number of anilines is 1. The topological polar surface area (TPSA) is 95.9 Å². The molecule has 94 valence electrons. The Morgan fingerprint density at radius 1 is 1.50 bits per heavy atom. The number of nitrogen functional groups attached to an aromatic ring is 1. The van der Waals surface area contributed by atoms with E-state index in [4.69, 9.17) is 5.73 Å². The van der Waals surface area contributed by atoms with E-state index in [1.54, 1.807) is 0 Å². The maximum atomic E-state index is 11.3. The zero-order valence-corrected chi connectivity index (χ0v) is 11.3. The van der Waals surface area contributed by atoms with Gasteiger partial charge in [0.15, 0.2) is 5.82 Å². The highest BCUT2D eigenvalue weighted by molar-refractivity contribution is 9.10. The predicted octanol–water partition coefficient (Wildman–Crippen LogP) is 1.10.